The number of benzene rings is 1. The highest BCUT2D eigenvalue weighted by molar-refractivity contribution is 7.11. The lowest BCUT2D eigenvalue weighted by molar-refractivity contribution is -0.120. The van der Waals surface area contributed by atoms with Gasteiger partial charge in [0.2, 0.25) is 0 Å². The van der Waals surface area contributed by atoms with E-state index >= 15 is 0 Å². The molecule has 0 N–H and O–H groups in total. The van der Waals surface area contributed by atoms with E-state index in [4.69, 9.17) is 0 Å². The summed E-state index contributed by atoms with van der Waals surface area (Å²) in [6.45, 7) is 3.86. The SMILES string of the molecule is CC1CCCN(C2=C(c3cccs3)C(=O)N(c3ccccc3)C2=O)C1. The molecule has 2 amide bonds. The zero-order chi connectivity index (χ0) is 17.4. The second-order valence-corrected chi connectivity index (χ2v) is 7.62. The van der Waals surface area contributed by atoms with Crippen LogP contribution in [0.25, 0.3) is 5.57 Å². The van der Waals surface area contributed by atoms with Crippen LogP contribution in [0.4, 0.5) is 5.69 Å². The van der Waals surface area contributed by atoms with Crippen molar-refractivity contribution < 1.29 is 9.59 Å². The lowest BCUT2D eigenvalue weighted by atomic mass is 9.99. The highest BCUT2D eigenvalue weighted by atomic mass is 32.1. The maximum Gasteiger partial charge on any atom is 0.282 e. The Morgan fingerprint density at radius 3 is 2.52 bits per heavy atom. The predicted octanol–water partition coefficient (Wildman–Crippen LogP) is 3.76. The van der Waals surface area contributed by atoms with Crippen LogP contribution in [0.3, 0.4) is 0 Å². The minimum Gasteiger partial charge on any atom is -0.366 e. The van der Waals surface area contributed by atoms with Gasteiger partial charge in [-0.05, 0) is 42.3 Å². The van der Waals surface area contributed by atoms with Crippen LogP contribution in [0.15, 0.2) is 53.5 Å². The third-order valence-corrected chi connectivity index (χ3v) is 5.70. The van der Waals surface area contributed by atoms with Gasteiger partial charge in [-0.1, -0.05) is 31.2 Å². The fourth-order valence-corrected chi connectivity index (χ4v) is 4.42. The molecule has 128 valence electrons. The number of hydrogen-bond donors (Lipinski definition) is 0. The Morgan fingerprint density at radius 1 is 1.04 bits per heavy atom. The monoisotopic (exact) mass is 352 g/mol. The molecule has 0 saturated carbocycles. The summed E-state index contributed by atoms with van der Waals surface area (Å²) in [5, 5.41) is 1.95. The zero-order valence-electron chi connectivity index (χ0n) is 14.1. The first-order valence-corrected chi connectivity index (χ1v) is 9.51. The van der Waals surface area contributed by atoms with E-state index in [0.717, 1.165) is 24.4 Å². The average molecular weight is 352 g/mol. The Labute approximate surface area is 151 Å². The molecule has 1 saturated heterocycles. The normalized spacial score (nSPS) is 21.4. The Kier molecular flexibility index (Phi) is 4.17. The summed E-state index contributed by atoms with van der Waals surface area (Å²) >= 11 is 1.51. The molecule has 2 aliphatic rings. The van der Waals surface area contributed by atoms with Crippen molar-refractivity contribution in [1.29, 1.82) is 0 Å². The van der Waals surface area contributed by atoms with Gasteiger partial charge in [-0.2, -0.15) is 0 Å². The molecule has 5 heteroatoms. The van der Waals surface area contributed by atoms with Crippen LogP contribution in [-0.4, -0.2) is 29.8 Å². The molecule has 1 aromatic carbocycles. The van der Waals surface area contributed by atoms with Crippen molar-refractivity contribution in [3.8, 4) is 0 Å². The first-order valence-electron chi connectivity index (χ1n) is 8.63. The number of para-hydroxylation sites is 1. The number of nitrogens with zero attached hydrogens (tertiary/aromatic N) is 2. The van der Waals surface area contributed by atoms with Gasteiger partial charge in [0.25, 0.3) is 11.8 Å². The maximum atomic E-state index is 13.2. The molecule has 1 fully saturated rings. The number of carbonyl (C=O) groups excluding carboxylic acids is 2. The molecular weight excluding hydrogens is 332 g/mol. The number of hydrogen-bond acceptors (Lipinski definition) is 4. The second-order valence-electron chi connectivity index (χ2n) is 6.68. The molecule has 2 aromatic rings. The summed E-state index contributed by atoms with van der Waals surface area (Å²) < 4.78 is 0. The van der Waals surface area contributed by atoms with Crippen LogP contribution in [-0.2, 0) is 9.59 Å². The summed E-state index contributed by atoms with van der Waals surface area (Å²) in [5.74, 6) is 0.111. The number of amides is 2. The first kappa shape index (κ1) is 16.1. The molecular formula is C20H20N2O2S. The molecule has 0 spiro atoms. The lowest BCUT2D eigenvalue weighted by Crippen LogP contribution is -2.39. The van der Waals surface area contributed by atoms with Crippen molar-refractivity contribution in [1.82, 2.24) is 4.90 Å². The predicted molar refractivity (Wildman–Crippen MR) is 100 cm³/mol. The van der Waals surface area contributed by atoms with Crippen LogP contribution in [0.2, 0.25) is 0 Å². The number of rotatable bonds is 3. The lowest BCUT2D eigenvalue weighted by Gasteiger charge is -2.33. The van der Waals surface area contributed by atoms with E-state index in [1.807, 2.05) is 47.8 Å². The Morgan fingerprint density at radius 2 is 1.84 bits per heavy atom. The zero-order valence-corrected chi connectivity index (χ0v) is 15.0. The Balaban J connectivity index is 1.81. The van der Waals surface area contributed by atoms with E-state index < -0.39 is 0 Å². The van der Waals surface area contributed by atoms with E-state index in [1.165, 1.54) is 22.7 Å². The highest BCUT2D eigenvalue weighted by Crippen LogP contribution is 2.37. The fourth-order valence-electron chi connectivity index (χ4n) is 3.66. The van der Waals surface area contributed by atoms with E-state index in [1.54, 1.807) is 0 Å². The van der Waals surface area contributed by atoms with Crippen molar-refractivity contribution in [3.63, 3.8) is 0 Å². The van der Waals surface area contributed by atoms with E-state index in [9.17, 15) is 9.59 Å². The molecule has 25 heavy (non-hydrogen) atoms. The molecule has 3 heterocycles. The standard InChI is InChI=1S/C20H20N2O2S/c1-14-7-5-11-21(13-14)18-17(16-10-6-12-25-16)19(23)22(20(18)24)15-8-3-2-4-9-15/h2-4,6,8-10,12,14H,5,7,11,13H2,1H3. The van der Waals surface area contributed by atoms with Crippen LogP contribution < -0.4 is 4.90 Å². The van der Waals surface area contributed by atoms with Gasteiger partial charge in [0.15, 0.2) is 0 Å². The van der Waals surface area contributed by atoms with Gasteiger partial charge in [0.1, 0.15) is 5.70 Å². The van der Waals surface area contributed by atoms with E-state index in [0.29, 0.717) is 22.9 Å². The molecule has 1 aromatic heterocycles. The van der Waals surface area contributed by atoms with Gasteiger partial charge in [-0.15, -0.1) is 11.3 Å². The number of carbonyl (C=O) groups is 2. The third kappa shape index (κ3) is 2.78. The number of anilines is 1. The van der Waals surface area contributed by atoms with Crippen molar-refractivity contribution in [2.24, 2.45) is 5.92 Å². The average Bonchev–Trinajstić information content (AvgIpc) is 3.22. The quantitative estimate of drug-likeness (QED) is 0.790. The molecule has 1 atom stereocenters. The number of thiophene rings is 1. The van der Waals surface area contributed by atoms with Crippen molar-refractivity contribution in [3.05, 3.63) is 58.4 Å². The Hall–Kier alpha value is -2.40. The number of imide groups is 1. The molecule has 2 aliphatic heterocycles. The van der Waals surface area contributed by atoms with Crippen LogP contribution >= 0.6 is 11.3 Å². The summed E-state index contributed by atoms with van der Waals surface area (Å²) in [4.78, 5) is 30.7. The maximum absolute atomic E-state index is 13.2. The summed E-state index contributed by atoms with van der Waals surface area (Å²) in [6.07, 6.45) is 2.22. The summed E-state index contributed by atoms with van der Waals surface area (Å²) in [7, 11) is 0. The van der Waals surface area contributed by atoms with E-state index in [-0.39, 0.29) is 11.8 Å². The van der Waals surface area contributed by atoms with Gasteiger partial charge < -0.3 is 4.90 Å². The van der Waals surface area contributed by atoms with Gasteiger partial charge in [-0.25, -0.2) is 4.90 Å². The first-order chi connectivity index (χ1) is 12.2. The molecule has 1 unspecified atom stereocenters. The van der Waals surface area contributed by atoms with Crippen LogP contribution in [0.5, 0.6) is 0 Å². The largest absolute Gasteiger partial charge is 0.366 e. The van der Waals surface area contributed by atoms with E-state index in [2.05, 4.69) is 11.8 Å². The number of piperidine rings is 1. The number of likely N-dealkylation sites (tertiary alicyclic amines) is 1. The van der Waals surface area contributed by atoms with Gasteiger partial charge in [-0.3, -0.25) is 9.59 Å². The van der Waals surface area contributed by atoms with Gasteiger partial charge in [0, 0.05) is 18.0 Å². The summed E-state index contributed by atoms with van der Waals surface area (Å²) in [6, 6.07) is 13.0. The van der Waals surface area contributed by atoms with Crippen LogP contribution in [0, 0.1) is 5.92 Å². The van der Waals surface area contributed by atoms with Crippen LogP contribution in [0.1, 0.15) is 24.6 Å². The smallest absolute Gasteiger partial charge is 0.282 e. The molecule has 0 aliphatic carbocycles. The molecule has 4 nitrogen and oxygen atoms in total. The topological polar surface area (TPSA) is 40.6 Å². The third-order valence-electron chi connectivity index (χ3n) is 4.81. The second kappa shape index (κ2) is 6.48. The Bertz CT molecular complexity index is 827. The van der Waals surface area contributed by atoms with Gasteiger partial charge >= 0.3 is 0 Å². The molecule has 4 rings (SSSR count). The molecule has 0 bridgehead atoms. The molecule has 0 radical (unpaired) electrons. The highest BCUT2D eigenvalue weighted by Gasteiger charge is 2.43. The van der Waals surface area contributed by atoms with Crippen molar-refractivity contribution in [2.45, 2.75) is 19.8 Å². The van der Waals surface area contributed by atoms with Crippen molar-refractivity contribution in [2.75, 3.05) is 18.0 Å². The minimum atomic E-state index is -0.216. The minimum absolute atomic E-state index is 0.200. The fraction of sp³-hybridized carbons (Fsp3) is 0.300. The van der Waals surface area contributed by atoms with Crippen molar-refractivity contribution >= 4 is 34.4 Å². The van der Waals surface area contributed by atoms with Gasteiger partial charge in [0.05, 0.1) is 11.3 Å². The summed E-state index contributed by atoms with van der Waals surface area (Å²) in [5.41, 5.74) is 1.76.